The van der Waals surface area contributed by atoms with Gasteiger partial charge in [-0.05, 0) is 12.1 Å². The van der Waals surface area contributed by atoms with Crippen LogP contribution < -0.4 is 0 Å². The van der Waals surface area contributed by atoms with Crippen LogP contribution in [0.2, 0.25) is 0 Å². The lowest BCUT2D eigenvalue weighted by molar-refractivity contribution is -0.150. The van der Waals surface area contributed by atoms with Crippen LogP contribution in [0.5, 0.6) is 0 Å². The van der Waals surface area contributed by atoms with Crippen molar-refractivity contribution in [3.05, 3.63) is 33.5 Å². The summed E-state index contributed by atoms with van der Waals surface area (Å²) in [7, 11) is 0. The summed E-state index contributed by atoms with van der Waals surface area (Å²) in [6.07, 6.45) is -7.56. The smallest absolute Gasteiger partial charge is 0.419 e. The van der Waals surface area contributed by atoms with Gasteiger partial charge in [-0.1, -0.05) is 15.9 Å². The molecule has 1 rings (SSSR count). The lowest BCUT2D eigenvalue weighted by Gasteiger charge is -2.17. The van der Waals surface area contributed by atoms with Crippen LogP contribution in [-0.4, -0.2) is 16.2 Å². The zero-order valence-electron chi connectivity index (χ0n) is 7.92. The average molecular weight is 317 g/mol. The first kappa shape index (κ1) is 13.9. The summed E-state index contributed by atoms with van der Waals surface area (Å²) in [6, 6.07) is 1.43. The standard InChI is InChI=1S/C9H5BrF4O3/c10-3-1-2-4(11)6(9(12,13)14)5(3)7(15)8(16)17/h1-2,7,15H,(H,16,17). The molecular weight excluding hydrogens is 312 g/mol. The van der Waals surface area contributed by atoms with Gasteiger partial charge < -0.3 is 10.2 Å². The Morgan fingerprint density at radius 2 is 1.88 bits per heavy atom. The topological polar surface area (TPSA) is 57.5 Å². The summed E-state index contributed by atoms with van der Waals surface area (Å²) in [4.78, 5) is 10.5. The Hall–Kier alpha value is -1.15. The third-order valence-corrected chi connectivity index (χ3v) is 2.62. The molecule has 1 aromatic rings. The molecule has 1 atom stereocenters. The van der Waals surface area contributed by atoms with Crippen LogP contribution in [0.3, 0.4) is 0 Å². The molecule has 0 aliphatic carbocycles. The van der Waals surface area contributed by atoms with Crippen molar-refractivity contribution in [2.75, 3.05) is 0 Å². The van der Waals surface area contributed by atoms with Gasteiger partial charge in [-0.2, -0.15) is 13.2 Å². The number of carboxylic acids is 1. The number of aliphatic carboxylic acids is 1. The molecule has 94 valence electrons. The van der Waals surface area contributed by atoms with Gasteiger partial charge in [0.1, 0.15) is 5.82 Å². The van der Waals surface area contributed by atoms with Crippen molar-refractivity contribution < 1.29 is 32.6 Å². The molecule has 3 nitrogen and oxygen atoms in total. The van der Waals surface area contributed by atoms with E-state index in [4.69, 9.17) is 10.2 Å². The predicted octanol–water partition coefficient (Wildman–Crippen LogP) is 2.72. The van der Waals surface area contributed by atoms with Crippen molar-refractivity contribution in [2.24, 2.45) is 0 Å². The molecule has 1 unspecified atom stereocenters. The van der Waals surface area contributed by atoms with Crippen LogP contribution in [0.15, 0.2) is 16.6 Å². The minimum absolute atomic E-state index is 0.332. The van der Waals surface area contributed by atoms with E-state index in [1.54, 1.807) is 0 Å². The molecule has 0 radical (unpaired) electrons. The second-order valence-corrected chi connectivity index (χ2v) is 3.91. The maximum Gasteiger partial charge on any atom is 0.419 e. The SMILES string of the molecule is O=C(O)C(O)c1c(Br)ccc(F)c1C(F)(F)F. The maximum absolute atomic E-state index is 13.1. The molecule has 17 heavy (non-hydrogen) atoms. The van der Waals surface area contributed by atoms with Crippen molar-refractivity contribution in [1.29, 1.82) is 0 Å². The second kappa shape index (κ2) is 4.61. The molecule has 0 fully saturated rings. The Morgan fingerprint density at radius 1 is 1.35 bits per heavy atom. The van der Waals surface area contributed by atoms with Crippen LogP contribution in [0.1, 0.15) is 17.2 Å². The number of halogens is 5. The van der Waals surface area contributed by atoms with Gasteiger partial charge >= 0.3 is 12.1 Å². The lowest BCUT2D eigenvalue weighted by atomic mass is 10.0. The van der Waals surface area contributed by atoms with E-state index < -0.39 is 35.2 Å². The van der Waals surface area contributed by atoms with Gasteiger partial charge in [0, 0.05) is 10.0 Å². The van der Waals surface area contributed by atoms with E-state index in [0.717, 1.165) is 6.07 Å². The molecule has 0 spiro atoms. The molecule has 0 saturated carbocycles. The van der Waals surface area contributed by atoms with E-state index in [2.05, 4.69) is 15.9 Å². The van der Waals surface area contributed by atoms with E-state index in [-0.39, 0.29) is 4.47 Å². The molecule has 1 aromatic carbocycles. The van der Waals surface area contributed by atoms with E-state index in [1.807, 2.05) is 0 Å². The molecule has 0 heterocycles. The number of hydrogen-bond acceptors (Lipinski definition) is 2. The fourth-order valence-electron chi connectivity index (χ4n) is 1.25. The first-order chi connectivity index (χ1) is 7.66. The van der Waals surface area contributed by atoms with Crippen LogP contribution in [0.25, 0.3) is 0 Å². The molecular formula is C9H5BrF4O3. The molecule has 0 aliphatic heterocycles. The normalized spacial score (nSPS) is 13.5. The van der Waals surface area contributed by atoms with Crippen molar-refractivity contribution in [1.82, 2.24) is 0 Å². The van der Waals surface area contributed by atoms with Gasteiger partial charge in [0.05, 0.1) is 5.56 Å². The first-order valence-corrected chi connectivity index (χ1v) is 4.91. The Kier molecular flexibility index (Phi) is 3.78. The highest BCUT2D eigenvalue weighted by atomic mass is 79.9. The Balaban J connectivity index is 3.57. The molecule has 0 bridgehead atoms. The van der Waals surface area contributed by atoms with E-state index in [1.165, 1.54) is 0 Å². The maximum atomic E-state index is 13.1. The second-order valence-electron chi connectivity index (χ2n) is 3.06. The Labute approximate surface area is 101 Å². The average Bonchev–Trinajstić information content (AvgIpc) is 2.18. The number of rotatable bonds is 2. The van der Waals surface area contributed by atoms with E-state index in [0.29, 0.717) is 6.07 Å². The highest BCUT2D eigenvalue weighted by Crippen LogP contribution is 2.39. The quantitative estimate of drug-likeness (QED) is 0.825. The summed E-state index contributed by atoms with van der Waals surface area (Å²) in [6.45, 7) is 0. The lowest BCUT2D eigenvalue weighted by Crippen LogP contribution is -2.19. The Bertz CT molecular complexity index is 458. The summed E-state index contributed by atoms with van der Waals surface area (Å²) in [5.41, 5.74) is -2.84. The number of alkyl halides is 3. The molecule has 0 saturated heterocycles. The van der Waals surface area contributed by atoms with Gasteiger partial charge in [-0.25, -0.2) is 9.18 Å². The fourth-order valence-corrected chi connectivity index (χ4v) is 1.79. The van der Waals surface area contributed by atoms with Crippen molar-refractivity contribution >= 4 is 21.9 Å². The van der Waals surface area contributed by atoms with E-state index in [9.17, 15) is 22.4 Å². The number of aliphatic hydroxyl groups excluding tert-OH is 1. The third kappa shape index (κ3) is 2.75. The van der Waals surface area contributed by atoms with Gasteiger partial charge in [-0.15, -0.1) is 0 Å². The largest absolute Gasteiger partial charge is 0.479 e. The first-order valence-electron chi connectivity index (χ1n) is 4.12. The van der Waals surface area contributed by atoms with Crippen LogP contribution in [-0.2, 0) is 11.0 Å². The van der Waals surface area contributed by atoms with Gasteiger partial charge in [0.2, 0.25) is 0 Å². The van der Waals surface area contributed by atoms with E-state index >= 15 is 0 Å². The van der Waals surface area contributed by atoms with Crippen molar-refractivity contribution in [2.45, 2.75) is 12.3 Å². The van der Waals surface area contributed by atoms with Crippen LogP contribution in [0, 0.1) is 5.82 Å². The molecule has 0 aromatic heterocycles. The highest BCUT2D eigenvalue weighted by molar-refractivity contribution is 9.10. The van der Waals surface area contributed by atoms with Gasteiger partial charge in [-0.3, -0.25) is 0 Å². The van der Waals surface area contributed by atoms with Crippen molar-refractivity contribution in [3.8, 4) is 0 Å². The molecule has 2 N–H and O–H groups in total. The van der Waals surface area contributed by atoms with Gasteiger partial charge in [0.15, 0.2) is 6.10 Å². The minimum Gasteiger partial charge on any atom is -0.479 e. The van der Waals surface area contributed by atoms with Crippen LogP contribution >= 0.6 is 15.9 Å². The minimum atomic E-state index is -5.10. The zero-order chi connectivity index (χ0) is 13.4. The monoisotopic (exact) mass is 316 g/mol. The third-order valence-electron chi connectivity index (χ3n) is 1.93. The zero-order valence-corrected chi connectivity index (χ0v) is 9.51. The number of carboxylic acid groups (broad SMARTS) is 1. The number of carbonyl (C=O) groups is 1. The summed E-state index contributed by atoms with van der Waals surface area (Å²) in [5, 5.41) is 17.6. The number of benzene rings is 1. The predicted molar refractivity (Wildman–Crippen MR) is 51.7 cm³/mol. The molecule has 8 heteroatoms. The Morgan fingerprint density at radius 3 is 2.29 bits per heavy atom. The number of hydrogen-bond donors (Lipinski definition) is 2. The summed E-state index contributed by atoms with van der Waals surface area (Å²) >= 11 is 2.65. The summed E-state index contributed by atoms with van der Waals surface area (Å²) < 4.78 is 50.4. The summed E-state index contributed by atoms with van der Waals surface area (Å²) in [5.74, 6) is -3.54. The highest BCUT2D eigenvalue weighted by Gasteiger charge is 2.40. The van der Waals surface area contributed by atoms with Crippen molar-refractivity contribution in [3.63, 3.8) is 0 Å². The number of aliphatic hydroxyl groups is 1. The molecule has 0 aliphatic rings. The molecule has 0 amide bonds. The van der Waals surface area contributed by atoms with Crippen LogP contribution in [0.4, 0.5) is 17.6 Å². The van der Waals surface area contributed by atoms with Gasteiger partial charge in [0.25, 0.3) is 0 Å². The fraction of sp³-hybridized carbons (Fsp3) is 0.222.